The van der Waals surface area contributed by atoms with Crippen LogP contribution in [0.3, 0.4) is 0 Å². The zero-order valence-corrected chi connectivity index (χ0v) is 9.20. The Kier molecular flexibility index (Phi) is 3.23. The molecule has 1 heterocycles. The third kappa shape index (κ3) is 2.45. The molecule has 18 heavy (non-hydrogen) atoms. The molecule has 2 rings (SSSR count). The van der Waals surface area contributed by atoms with Crippen LogP contribution in [0.2, 0.25) is 0 Å². The fraction of sp³-hybridized carbons (Fsp3) is 0.154. The van der Waals surface area contributed by atoms with Crippen LogP contribution in [0, 0.1) is 0 Å². The maximum atomic E-state index is 12.8. The van der Waals surface area contributed by atoms with E-state index in [4.69, 9.17) is 4.42 Å². The first kappa shape index (κ1) is 12.4. The second kappa shape index (κ2) is 4.68. The summed E-state index contributed by atoms with van der Waals surface area (Å²) in [7, 11) is 0. The molecule has 0 amide bonds. The lowest BCUT2D eigenvalue weighted by molar-refractivity contribution is -0.137. The highest BCUT2D eigenvalue weighted by molar-refractivity contribution is 5.64. The molecule has 1 aromatic carbocycles. The highest BCUT2D eigenvalue weighted by atomic mass is 19.4. The quantitative estimate of drug-likeness (QED) is 0.781. The molecule has 0 aliphatic carbocycles. The van der Waals surface area contributed by atoms with Gasteiger partial charge >= 0.3 is 6.18 Å². The van der Waals surface area contributed by atoms with Gasteiger partial charge in [0.25, 0.3) is 0 Å². The van der Waals surface area contributed by atoms with Gasteiger partial charge in [-0.3, -0.25) is 0 Å². The Labute approximate surface area is 101 Å². The number of furan rings is 1. The van der Waals surface area contributed by atoms with Gasteiger partial charge in [-0.2, -0.15) is 13.2 Å². The van der Waals surface area contributed by atoms with Crippen molar-refractivity contribution in [1.29, 1.82) is 0 Å². The predicted octanol–water partition coefficient (Wildman–Crippen LogP) is 3.71. The lowest BCUT2D eigenvalue weighted by Crippen LogP contribution is -2.06. The van der Waals surface area contributed by atoms with Crippen LogP contribution in [0.4, 0.5) is 13.2 Å². The fourth-order valence-electron chi connectivity index (χ4n) is 1.66. The first-order valence-corrected chi connectivity index (χ1v) is 5.21. The van der Waals surface area contributed by atoms with Gasteiger partial charge in [0.15, 0.2) is 0 Å². The lowest BCUT2D eigenvalue weighted by Gasteiger charge is -2.10. The molecule has 5 heteroatoms. The van der Waals surface area contributed by atoms with Crippen molar-refractivity contribution in [3.63, 3.8) is 0 Å². The Morgan fingerprint density at radius 2 is 1.83 bits per heavy atom. The third-order valence-electron chi connectivity index (χ3n) is 2.44. The molecule has 0 atom stereocenters. The van der Waals surface area contributed by atoms with E-state index in [2.05, 4.69) is 0 Å². The van der Waals surface area contributed by atoms with Crippen LogP contribution in [0.15, 0.2) is 40.8 Å². The molecule has 0 aliphatic heterocycles. The van der Waals surface area contributed by atoms with Gasteiger partial charge in [0, 0.05) is 5.56 Å². The smallest absolute Gasteiger partial charge is 0.417 e. The second-order valence-corrected chi connectivity index (χ2v) is 3.68. The zero-order chi connectivity index (χ0) is 13.2. The zero-order valence-electron chi connectivity index (χ0n) is 9.20. The summed E-state index contributed by atoms with van der Waals surface area (Å²) >= 11 is 0. The first-order valence-electron chi connectivity index (χ1n) is 5.21. The number of carbonyl (C=O) groups is 1. The van der Waals surface area contributed by atoms with E-state index >= 15 is 0 Å². The minimum atomic E-state index is -4.44. The van der Waals surface area contributed by atoms with Crippen molar-refractivity contribution in [1.82, 2.24) is 0 Å². The van der Waals surface area contributed by atoms with Gasteiger partial charge in [0.1, 0.15) is 17.8 Å². The molecule has 0 saturated carbocycles. The maximum Gasteiger partial charge on any atom is 0.417 e. The van der Waals surface area contributed by atoms with Crippen molar-refractivity contribution in [2.45, 2.75) is 12.6 Å². The molecule has 0 bridgehead atoms. The lowest BCUT2D eigenvalue weighted by atomic mass is 10.1. The van der Waals surface area contributed by atoms with Crippen LogP contribution >= 0.6 is 0 Å². The molecule has 1 aromatic heterocycles. The number of benzene rings is 1. The summed E-state index contributed by atoms with van der Waals surface area (Å²) in [5.74, 6) is 0.455. The van der Waals surface area contributed by atoms with Gasteiger partial charge in [0.2, 0.25) is 0 Å². The Balaban J connectivity index is 2.46. The third-order valence-corrected chi connectivity index (χ3v) is 2.44. The molecule has 0 unspecified atom stereocenters. The molecule has 0 N–H and O–H groups in total. The number of aldehydes is 1. The van der Waals surface area contributed by atoms with Crippen LogP contribution in [0.5, 0.6) is 0 Å². The summed E-state index contributed by atoms with van der Waals surface area (Å²) in [6, 6.07) is 8.10. The average molecular weight is 254 g/mol. The van der Waals surface area contributed by atoms with E-state index in [9.17, 15) is 18.0 Å². The Bertz CT molecular complexity index is 555. The molecular formula is C13H9F3O2. The molecule has 0 radical (unpaired) electrons. The number of alkyl halides is 3. The average Bonchev–Trinajstić information content (AvgIpc) is 2.77. The van der Waals surface area contributed by atoms with Crippen molar-refractivity contribution in [3.8, 4) is 11.3 Å². The van der Waals surface area contributed by atoms with Crippen LogP contribution in [-0.4, -0.2) is 6.29 Å². The van der Waals surface area contributed by atoms with E-state index in [1.165, 1.54) is 30.3 Å². The van der Waals surface area contributed by atoms with E-state index in [1.807, 2.05) is 0 Å². The molecule has 94 valence electrons. The van der Waals surface area contributed by atoms with Crippen LogP contribution < -0.4 is 0 Å². The van der Waals surface area contributed by atoms with Gasteiger partial charge in [-0.05, 0) is 18.2 Å². The standard InChI is InChI=1S/C13H9F3O2/c14-13(15,16)11-4-2-1-3-10(11)12-6-5-9(18-12)7-8-17/h1-6,8H,7H2. The molecular weight excluding hydrogens is 245 g/mol. The summed E-state index contributed by atoms with van der Waals surface area (Å²) in [6.07, 6.45) is -3.75. The Hall–Kier alpha value is -2.04. The van der Waals surface area contributed by atoms with Crippen molar-refractivity contribution < 1.29 is 22.4 Å². The molecule has 0 aliphatic rings. The normalized spacial score (nSPS) is 11.5. The summed E-state index contributed by atoms with van der Waals surface area (Å²) < 4.78 is 43.6. The van der Waals surface area contributed by atoms with Gasteiger partial charge in [0.05, 0.1) is 12.0 Å². The monoisotopic (exact) mass is 254 g/mol. The Morgan fingerprint density at radius 1 is 1.11 bits per heavy atom. The van der Waals surface area contributed by atoms with Gasteiger partial charge < -0.3 is 9.21 Å². The second-order valence-electron chi connectivity index (χ2n) is 3.68. The van der Waals surface area contributed by atoms with E-state index < -0.39 is 11.7 Å². The van der Waals surface area contributed by atoms with Crippen molar-refractivity contribution in [2.75, 3.05) is 0 Å². The fourth-order valence-corrected chi connectivity index (χ4v) is 1.66. The number of rotatable bonds is 3. The van der Waals surface area contributed by atoms with Crippen LogP contribution in [0.25, 0.3) is 11.3 Å². The van der Waals surface area contributed by atoms with E-state index in [1.54, 1.807) is 0 Å². The van der Waals surface area contributed by atoms with E-state index in [0.717, 1.165) is 6.07 Å². The van der Waals surface area contributed by atoms with Gasteiger partial charge in [-0.15, -0.1) is 0 Å². The van der Waals surface area contributed by atoms with Gasteiger partial charge in [-0.1, -0.05) is 18.2 Å². The van der Waals surface area contributed by atoms with Crippen molar-refractivity contribution in [2.24, 2.45) is 0 Å². The summed E-state index contributed by atoms with van der Waals surface area (Å²) in [5.41, 5.74) is -0.779. The minimum absolute atomic E-state index is 0.0258. The van der Waals surface area contributed by atoms with E-state index in [0.29, 0.717) is 12.0 Å². The number of hydrogen-bond acceptors (Lipinski definition) is 2. The minimum Gasteiger partial charge on any atom is -0.461 e. The van der Waals surface area contributed by atoms with Crippen LogP contribution in [0.1, 0.15) is 11.3 Å². The number of halogens is 3. The highest BCUT2D eigenvalue weighted by Crippen LogP contribution is 2.37. The molecule has 0 spiro atoms. The van der Waals surface area contributed by atoms with E-state index in [-0.39, 0.29) is 17.7 Å². The maximum absolute atomic E-state index is 12.8. The Morgan fingerprint density at radius 3 is 2.50 bits per heavy atom. The van der Waals surface area contributed by atoms with Gasteiger partial charge in [-0.25, -0.2) is 0 Å². The van der Waals surface area contributed by atoms with Crippen molar-refractivity contribution >= 4 is 6.29 Å². The highest BCUT2D eigenvalue weighted by Gasteiger charge is 2.33. The molecule has 2 aromatic rings. The number of carbonyl (C=O) groups excluding carboxylic acids is 1. The van der Waals surface area contributed by atoms with Crippen LogP contribution in [-0.2, 0) is 17.4 Å². The SMILES string of the molecule is O=CCc1ccc(-c2ccccc2C(F)(F)F)o1. The molecule has 0 fully saturated rings. The molecule has 2 nitrogen and oxygen atoms in total. The first-order chi connectivity index (χ1) is 8.52. The number of hydrogen-bond donors (Lipinski definition) is 0. The summed E-state index contributed by atoms with van der Waals surface area (Å²) in [6.45, 7) is 0. The largest absolute Gasteiger partial charge is 0.461 e. The molecule has 0 saturated heterocycles. The summed E-state index contributed by atoms with van der Waals surface area (Å²) in [5, 5.41) is 0. The topological polar surface area (TPSA) is 30.2 Å². The summed E-state index contributed by atoms with van der Waals surface area (Å²) in [4.78, 5) is 10.3. The van der Waals surface area contributed by atoms with Crippen molar-refractivity contribution in [3.05, 3.63) is 47.7 Å². The predicted molar refractivity (Wildman–Crippen MR) is 58.9 cm³/mol.